The number of allylic oxidation sites excluding steroid dienone is 1. The van der Waals surface area contributed by atoms with Crippen LogP contribution in [0.2, 0.25) is 0 Å². The summed E-state index contributed by atoms with van der Waals surface area (Å²) in [5.41, 5.74) is 0. The number of hydrogen-bond acceptors (Lipinski definition) is 6. The number of carboxylic acids is 1. The predicted molar refractivity (Wildman–Crippen MR) is 86.3 cm³/mol. The van der Waals surface area contributed by atoms with Crippen LogP contribution in [0.3, 0.4) is 0 Å². The van der Waals surface area contributed by atoms with Gasteiger partial charge < -0.3 is 24.1 Å². The lowest BCUT2D eigenvalue weighted by Crippen LogP contribution is -2.42. The standard InChI is InChI=1S/C18H20O7/c1-22-11-2-4-12(5-3-11)25-16-9-24-15-8-13(23-10-17(19)20)6-7-14(15)18(16)21/h2-5,9,13-15H,6-8,10H2,1H3,(H,19,20). The third-order valence-corrected chi connectivity index (χ3v) is 4.40. The Balaban J connectivity index is 1.61. The van der Waals surface area contributed by atoms with E-state index >= 15 is 0 Å². The zero-order chi connectivity index (χ0) is 17.8. The Hall–Kier alpha value is -2.54. The summed E-state index contributed by atoms with van der Waals surface area (Å²) in [6, 6.07) is 6.93. The fourth-order valence-corrected chi connectivity index (χ4v) is 3.12. The number of carbonyl (C=O) groups excluding carboxylic acids is 1. The highest BCUT2D eigenvalue weighted by Gasteiger charge is 2.41. The van der Waals surface area contributed by atoms with Gasteiger partial charge >= 0.3 is 5.97 Å². The second-order valence-electron chi connectivity index (χ2n) is 6.04. The number of Topliss-reactive ketones (excluding diaryl/α,β-unsaturated/α-hetero) is 1. The van der Waals surface area contributed by atoms with Crippen LogP contribution in [0.5, 0.6) is 11.5 Å². The van der Waals surface area contributed by atoms with Crippen LogP contribution < -0.4 is 9.47 Å². The third-order valence-electron chi connectivity index (χ3n) is 4.40. The van der Waals surface area contributed by atoms with E-state index in [0.29, 0.717) is 30.8 Å². The molecule has 1 saturated carbocycles. The summed E-state index contributed by atoms with van der Waals surface area (Å²) >= 11 is 0. The molecule has 0 spiro atoms. The molecule has 0 amide bonds. The summed E-state index contributed by atoms with van der Waals surface area (Å²) in [7, 11) is 1.58. The molecule has 0 radical (unpaired) electrons. The van der Waals surface area contributed by atoms with Gasteiger partial charge in [0.1, 0.15) is 30.5 Å². The Morgan fingerprint density at radius 1 is 1.24 bits per heavy atom. The molecule has 1 aromatic rings. The Morgan fingerprint density at radius 2 is 1.96 bits per heavy atom. The van der Waals surface area contributed by atoms with Gasteiger partial charge in [0.15, 0.2) is 0 Å². The summed E-state index contributed by atoms with van der Waals surface area (Å²) in [6.07, 6.45) is 2.53. The number of carbonyl (C=O) groups is 2. The van der Waals surface area contributed by atoms with E-state index in [0.717, 1.165) is 0 Å². The van der Waals surface area contributed by atoms with Crippen molar-refractivity contribution in [3.63, 3.8) is 0 Å². The molecule has 1 heterocycles. The predicted octanol–water partition coefficient (Wildman–Crippen LogP) is 2.15. The van der Waals surface area contributed by atoms with E-state index in [4.69, 9.17) is 24.1 Å². The molecule has 1 aliphatic heterocycles. The van der Waals surface area contributed by atoms with Crippen LogP contribution in [0.4, 0.5) is 0 Å². The number of hydrogen-bond donors (Lipinski definition) is 1. The van der Waals surface area contributed by atoms with Crippen molar-refractivity contribution >= 4 is 11.8 Å². The van der Waals surface area contributed by atoms with Crippen molar-refractivity contribution in [1.82, 2.24) is 0 Å². The van der Waals surface area contributed by atoms with Crippen LogP contribution in [0.1, 0.15) is 19.3 Å². The molecule has 0 saturated heterocycles. The van der Waals surface area contributed by atoms with Gasteiger partial charge in [-0.3, -0.25) is 4.79 Å². The molecule has 1 N–H and O–H groups in total. The van der Waals surface area contributed by atoms with E-state index in [-0.39, 0.29) is 36.3 Å². The van der Waals surface area contributed by atoms with Crippen molar-refractivity contribution in [2.75, 3.05) is 13.7 Å². The minimum absolute atomic E-state index is 0.0937. The van der Waals surface area contributed by atoms with Gasteiger partial charge in [0.2, 0.25) is 11.5 Å². The van der Waals surface area contributed by atoms with Crippen molar-refractivity contribution in [3.8, 4) is 11.5 Å². The van der Waals surface area contributed by atoms with E-state index in [1.165, 1.54) is 6.26 Å². The van der Waals surface area contributed by atoms with Gasteiger partial charge in [-0.1, -0.05) is 0 Å². The maximum absolute atomic E-state index is 12.6. The molecule has 1 aromatic carbocycles. The highest BCUT2D eigenvalue weighted by Crippen LogP contribution is 2.35. The molecular formula is C18H20O7. The van der Waals surface area contributed by atoms with Crippen molar-refractivity contribution in [2.24, 2.45) is 5.92 Å². The Morgan fingerprint density at radius 3 is 2.64 bits per heavy atom. The largest absolute Gasteiger partial charge is 0.497 e. The Kier molecular flexibility index (Phi) is 5.23. The molecule has 0 aromatic heterocycles. The first-order chi connectivity index (χ1) is 12.1. The second kappa shape index (κ2) is 7.57. The topological polar surface area (TPSA) is 91.3 Å². The van der Waals surface area contributed by atoms with Crippen molar-refractivity contribution in [1.29, 1.82) is 0 Å². The van der Waals surface area contributed by atoms with Gasteiger partial charge in [-0.2, -0.15) is 0 Å². The summed E-state index contributed by atoms with van der Waals surface area (Å²) in [5.74, 6) is 0.0223. The quantitative estimate of drug-likeness (QED) is 0.842. The summed E-state index contributed by atoms with van der Waals surface area (Å²) in [6.45, 7) is -0.336. The van der Waals surface area contributed by atoms with Gasteiger partial charge in [-0.15, -0.1) is 0 Å². The van der Waals surface area contributed by atoms with E-state index in [9.17, 15) is 9.59 Å². The van der Waals surface area contributed by atoms with E-state index in [1.54, 1.807) is 31.4 Å². The normalized spacial score (nSPS) is 25.4. The third kappa shape index (κ3) is 4.11. The molecule has 25 heavy (non-hydrogen) atoms. The SMILES string of the molecule is COc1ccc(OC2=COC3CC(OCC(=O)O)CCC3C2=O)cc1. The summed E-state index contributed by atoms with van der Waals surface area (Å²) in [5, 5.41) is 8.68. The number of ether oxygens (including phenoxy) is 4. The molecule has 7 heteroatoms. The maximum atomic E-state index is 12.6. The number of benzene rings is 1. The van der Waals surface area contributed by atoms with Gasteiger partial charge in [0.25, 0.3) is 0 Å². The lowest BCUT2D eigenvalue weighted by molar-refractivity contribution is -0.149. The smallest absolute Gasteiger partial charge is 0.329 e. The highest BCUT2D eigenvalue weighted by molar-refractivity contribution is 5.96. The monoisotopic (exact) mass is 348 g/mol. The summed E-state index contributed by atoms with van der Waals surface area (Å²) < 4.78 is 21.7. The summed E-state index contributed by atoms with van der Waals surface area (Å²) in [4.78, 5) is 23.2. The second-order valence-corrected chi connectivity index (χ2v) is 6.04. The van der Waals surface area contributed by atoms with Crippen LogP contribution in [-0.4, -0.2) is 42.8 Å². The molecule has 134 valence electrons. The van der Waals surface area contributed by atoms with E-state index in [1.807, 2.05) is 0 Å². The van der Waals surface area contributed by atoms with Gasteiger partial charge in [0.05, 0.1) is 19.1 Å². The lowest BCUT2D eigenvalue weighted by Gasteiger charge is -2.36. The van der Waals surface area contributed by atoms with Crippen molar-refractivity contribution in [2.45, 2.75) is 31.5 Å². The molecule has 0 bridgehead atoms. The lowest BCUT2D eigenvalue weighted by atomic mass is 9.80. The average molecular weight is 348 g/mol. The first-order valence-corrected chi connectivity index (χ1v) is 8.12. The Labute approximate surface area is 145 Å². The maximum Gasteiger partial charge on any atom is 0.329 e. The number of ketones is 1. The minimum atomic E-state index is -1.00. The molecule has 1 fully saturated rings. The van der Waals surface area contributed by atoms with E-state index in [2.05, 4.69) is 0 Å². The molecule has 1 aliphatic carbocycles. The van der Waals surface area contributed by atoms with Crippen LogP contribution >= 0.6 is 0 Å². The zero-order valence-corrected chi connectivity index (χ0v) is 13.8. The molecule has 2 aliphatic rings. The van der Waals surface area contributed by atoms with Crippen LogP contribution in [0.15, 0.2) is 36.3 Å². The Bertz CT molecular complexity index is 665. The number of fused-ring (bicyclic) bond motifs is 1. The number of rotatable bonds is 6. The van der Waals surface area contributed by atoms with Gasteiger partial charge in [-0.25, -0.2) is 4.79 Å². The fourth-order valence-electron chi connectivity index (χ4n) is 3.12. The average Bonchev–Trinajstić information content (AvgIpc) is 2.63. The van der Waals surface area contributed by atoms with Gasteiger partial charge in [-0.05, 0) is 37.1 Å². The molecule has 7 nitrogen and oxygen atoms in total. The van der Waals surface area contributed by atoms with Crippen LogP contribution in [-0.2, 0) is 19.1 Å². The molecule has 3 unspecified atom stereocenters. The fraction of sp³-hybridized carbons (Fsp3) is 0.444. The number of carboxylic acid groups (broad SMARTS) is 1. The van der Waals surface area contributed by atoms with Gasteiger partial charge in [0, 0.05) is 6.42 Å². The molecule has 3 rings (SSSR count). The van der Waals surface area contributed by atoms with Crippen LogP contribution in [0, 0.1) is 5.92 Å². The van der Waals surface area contributed by atoms with E-state index < -0.39 is 5.97 Å². The van der Waals surface area contributed by atoms with Crippen LogP contribution in [0.25, 0.3) is 0 Å². The number of aliphatic carboxylic acids is 1. The van der Waals surface area contributed by atoms with Crippen molar-refractivity contribution < 1.29 is 33.6 Å². The molecule has 3 atom stereocenters. The first kappa shape index (κ1) is 17.3. The first-order valence-electron chi connectivity index (χ1n) is 8.12. The number of methoxy groups -OCH3 is 1. The highest BCUT2D eigenvalue weighted by atomic mass is 16.5. The minimum Gasteiger partial charge on any atom is -0.497 e. The van der Waals surface area contributed by atoms with Crippen molar-refractivity contribution in [3.05, 3.63) is 36.3 Å². The molecular weight excluding hydrogens is 328 g/mol. The zero-order valence-electron chi connectivity index (χ0n) is 13.8.